The predicted molar refractivity (Wildman–Crippen MR) is 77.9 cm³/mol. The van der Waals surface area contributed by atoms with Gasteiger partial charge in [0, 0.05) is 19.1 Å². The third-order valence-corrected chi connectivity index (χ3v) is 5.10. The summed E-state index contributed by atoms with van der Waals surface area (Å²) in [5.41, 5.74) is 5.66. The summed E-state index contributed by atoms with van der Waals surface area (Å²) in [4.78, 5) is 14.9. The zero-order chi connectivity index (χ0) is 13.7. The van der Waals surface area contributed by atoms with Gasteiger partial charge in [0.15, 0.2) is 0 Å². The van der Waals surface area contributed by atoms with Crippen molar-refractivity contribution >= 4 is 5.91 Å². The predicted octanol–water partition coefficient (Wildman–Crippen LogP) is 1.50. The summed E-state index contributed by atoms with van der Waals surface area (Å²) in [6.45, 7) is 2.44. The van der Waals surface area contributed by atoms with Crippen LogP contribution in [0.3, 0.4) is 0 Å². The van der Waals surface area contributed by atoms with E-state index in [9.17, 15) is 4.79 Å². The molecular formula is C15H29N3O. The molecule has 0 aromatic carbocycles. The number of nitrogens with zero attached hydrogens (tertiary/aromatic N) is 1. The van der Waals surface area contributed by atoms with E-state index in [0.29, 0.717) is 12.6 Å². The molecule has 2 rings (SSSR count). The molecule has 1 heterocycles. The molecule has 0 bridgehead atoms. The molecule has 0 aromatic rings. The Balaban J connectivity index is 1.88. The average molecular weight is 267 g/mol. The maximum absolute atomic E-state index is 12.6. The average Bonchev–Trinajstić information content (AvgIpc) is 2.68. The summed E-state index contributed by atoms with van der Waals surface area (Å²) in [7, 11) is 2.15. The molecule has 3 N–H and O–H groups in total. The quantitative estimate of drug-likeness (QED) is 0.759. The van der Waals surface area contributed by atoms with Crippen LogP contribution in [0.15, 0.2) is 0 Å². The van der Waals surface area contributed by atoms with Gasteiger partial charge in [-0.05, 0) is 39.3 Å². The van der Waals surface area contributed by atoms with Crippen LogP contribution in [-0.4, -0.2) is 43.5 Å². The molecule has 2 fully saturated rings. The van der Waals surface area contributed by atoms with Crippen molar-refractivity contribution in [1.29, 1.82) is 0 Å². The van der Waals surface area contributed by atoms with Gasteiger partial charge in [0.05, 0.1) is 5.41 Å². The molecule has 19 heavy (non-hydrogen) atoms. The molecule has 4 heteroatoms. The van der Waals surface area contributed by atoms with Crippen molar-refractivity contribution in [1.82, 2.24) is 10.2 Å². The molecule has 1 aliphatic carbocycles. The van der Waals surface area contributed by atoms with E-state index < -0.39 is 0 Å². The van der Waals surface area contributed by atoms with Gasteiger partial charge in [-0.15, -0.1) is 0 Å². The molecule has 110 valence electrons. The number of nitrogens with two attached hydrogens (primary N) is 1. The zero-order valence-corrected chi connectivity index (χ0v) is 12.3. The minimum atomic E-state index is -0.284. The Hall–Kier alpha value is -0.610. The molecule has 1 atom stereocenters. The smallest absolute Gasteiger partial charge is 0.227 e. The molecular weight excluding hydrogens is 238 g/mol. The number of hydrogen-bond acceptors (Lipinski definition) is 3. The highest BCUT2D eigenvalue weighted by molar-refractivity contribution is 5.83. The van der Waals surface area contributed by atoms with Crippen LogP contribution in [-0.2, 0) is 4.79 Å². The van der Waals surface area contributed by atoms with Crippen LogP contribution in [0.5, 0.6) is 0 Å². The van der Waals surface area contributed by atoms with Crippen molar-refractivity contribution in [2.45, 2.75) is 57.4 Å². The fourth-order valence-electron chi connectivity index (χ4n) is 3.56. The van der Waals surface area contributed by atoms with Crippen molar-refractivity contribution in [2.24, 2.45) is 11.1 Å². The molecule has 1 amide bonds. The van der Waals surface area contributed by atoms with E-state index in [0.717, 1.165) is 38.8 Å². The highest BCUT2D eigenvalue weighted by Crippen LogP contribution is 2.34. The van der Waals surface area contributed by atoms with Gasteiger partial charge in [-0.2, -0.15) is 0 Å². The summed E-state index contributed by atoms with van der Waals surface area (Å²) in [5, 5.41) is 3.18. The largest absolute Gasteiger partial charge is 0.354 e. The number of amides is 1. The van der Waals surface area contributed by atoms with Crippen molar-refractivity contribution in [3.63, 3.8) is 0 Å². The first-order valence-electron chi connectivity index (χ1n) is 7.86. The van der Waals surface area contributed by atoms with Crippen LogP contribution >= 0.6 is 0 Å². The fourth-order valence-corrected chi connectivity index (χ4v) is 3.56. The van der Waals surface area contributed by atoms with Crippen LogP contribution in [0.4, 0.5) is 0 Å². The highest BCUT2D eigenvalue weighted by Gasteiger charge is 2.37. The Labute approximate surface area is 117 Å². The van der Waals surface area contributed by atoms with E-state index in [1.165, 1.54) is 25.7 Å². The van der Waals surface area contributed by atoms with E-state index in [2.05, 4.69) is 17.3 Å². The van der Waals surface area contributed by atoms with Crippen LogP contribution in [0.2, 0.25) is 0 Å². The van der Waals surface area contributed by atoms with Gasteiger partial charge in [-0.3, -0.25) is 4.79 Å². The van der Waals surface area contributed by atoms with Crippen LogP contribution in [0.1, 0.15) is 51.4 Å². The number of likely N-dealkylation sites (tertiary alicyclic amines) is 1. The monoisotopic (exact) mass is 267 g/mol. The van der Waals surface area contributed by atoms with Crippen molar-refractivity contribution < 1.29 is 4.79 Å². The second-order valence-electron chi connectivity index (χ2n) is 6.39. The number of nitrogens with one attached hydrogen (secondary N) is 1. The van der Waals surface area contributed by atoms with Gasteiger partial charge in [-0.25, -0.2) is 0 Å². The van der Waals surface area contributed by atoms with E-state index in [-0.39, 0.29) is 11.3 Å². The van der Waals surface area contributed by atoms with Crippen LogP contribution < -0.4 is 11.1 Å². The number of hydrogen-bond donors (Lipinski definition) is 2. The summed E-state index contributed by atoms with van der Waals surface area (Å²) in [6, 6.07) is 0.518. The minimum absolute atomic E-state index is 0.206. The third-order valence-electron chi connectivity index (χ3n) is 5.10. The molecule has 0 radical (unpaired) electrons. The lowest BCUT2D eigenvalue weighted by Crippen LogP contribution is -2.48. The maximum Gasteiger partial charge on any atom is 0.227 e. The van der Waals surface area contributed by atoms with Crippen molar-refractivity contribution in [3.05, 3.63) is 0 Å². The molecule has 0 spiro atoms. The molecule has 1 saturated heterocycles. The highest BCUT2D eigenvalue weighted by atomic mass is 16.2. The van der Waals surface area contributed by atoms with Gasteiger partial charge in [0.1, 0.15) is 0 Å². The Morgan fingerprint density at radius 2 is 1.95 bits per heavy atom. The van der Waals surface area contributed by atoms with E-state index in [4.69, 9.17) is 5.73 Å². The van der Waals surface area contributed by atoms with Crippen LogP contribution in [0, 0.1) is 5.41 Å². The van der Waals surface area contributed by atoms with Gasteiger partial charge in [-0.1, -0.05) is 25.7 Å². The molecule has 0 aromatic heterocycles. The van der Waals surface area contributed by atoms with Crippen molar-refractivity contribution in [3.8, 4) is 0 Å². The molecule has 1 aliphatic heterocycles. The second-order valence-corrected chi connectivity index (χ2v) is 6.39. The summed E-state index contributed by atoms with van der Waals surface area (Å²) in [6.07, 6.45) is 9.18. The Morgan fingerprint density at radius 3 is 2.47 bits per heavy atom. The van der Waals surface area contributed by atoms with Gasteiger partial charge < -0.3 is 16.0 Å². The lowest BCUT2D eigenvalue weighted by molar-refractivity contribution is -0.131. The van der Waals surface area contributed by atoms with Gasteiger partial charge >= 0.3 is 0 Å². The SMILES string of the molecule is CN1CCCC1CNC(=O)C1(CN)CCCCCC1. The lowest BCUT2D eigenvalue weighted by atomic mass is 9.79. The number of carbonyl (C=O) groups is 1. The molecule has 4 nitrogen and oxygen atoms in total. The number of carbonyl (C=O) groups excluding carboxylic acids is 1. The van der Waals surface area contributed by atoms with Gasteiger partial charge in [0.25, 0.3) is 0 Å². The third kappa shape index (κ3) is 3.48. The van der Waals surface area contributed by atoms with Crippen LogP contribution in [0.25, 0.3) is 0 Å². The number of rotatable bonds is 4. The Morgan fingerprint density at radius 1 is 1.26 bits per heavy atom. The minimum Gasteiger partial charge on any atom is -0.354 e. The standard InChI is InChI=1S/C15H29N3O/c1-18-10-6-7-13(18)11-17-14(19)15(12-16)8-4-2-3-5-9-15/h13H,2-12,16H2,1H3,(H,17,19). The Kier molecular flexibility index (Phi) is 5.22. The number of likely N-dealkylation sites (N-methyl/N-ethyl adjacent to an activating group) is 1. The first-order valence-corrected chi connectivity index (χ1v) is 7.86. The fraction of sp³-hybridized carbons (Fsp3) is 0.933. The summed E-state index contributed by atoms with van der Waals surface area (Å²) < 4.78 is 0. The maximum atomic E-state index is 12.6. The molecule has 1 saturated carbocycles. The van der Waals surface area contributed by atoms with E-state index >= 15 is 0 Å². The summed E-state index contributed by atoms with van der Waals surface area (Å²) >= 11 is 0. The zero-order valence-electron chi connectivity index (χ0n) is 12.3. The molecule has 1 unspecified atom stereocenters. The first kappa shape index (κ1) is 14.8. The normalized spacial score (nSPS) is 28.0. The summed E-state index contributed by atoms with van der Waals surface area (Å²) in [5.74, 6) is 0.206. The van der Waals surface area contributed by atoms with E-state index in [1.807, 2.05) is 0 Å². The first-order chi connectivity index (χ1) is 9.18. The van der Waals surface area contributed by atoms with Crippen molar-refractivity contribution in [2.75, 3.05) is 26.7 Å². The van der Waals surface area contributed by atoms with E-state index in [1.54, 1.807) is 0 Å². The lowest BCUT2D eigenvalue weighted by Gasteiger charge is -2.31. The second kappa shape index (κ2) is 6.71. The van der Waals surface area contributed by atoms with Gasteiger partial charge in [0.2, 0.25) is 5.91 Å². The topological polar surface area (TPSA) is 58.4 Å². The Bertz CT molecular complexity index is 298. The molecule has 2 aliphatic rings.